The molecule has 0 aliphatic carbocycles. The monoisotopic (exact) mass is 289 g/mol. The van der Waals surface area contributed by atoms with E-state index in [4.69, 9.17) is 0 Å². The van der Waals surface area contributed by atoms with Crippen LogP contribution < -0.4 is 10.2 Å². The number of rotatable bonds is 7. The minimum atomic E-state index is 0.691. The Labute approximate surface area is 130 Å². The fourth-order valence-electron chi connectivity index (χ4n) is 2.92. The van der Waals surface area contributed by atoms with E-state index in [1.807, 2.05) is 0 Å². The van der Waals surface area contributed by atoms with E-state index in [2.05, 4.69) is 60.4 Å². The highest BCUT2D eigenvalue weighted by atomic mass is 15.1. The molecule has 0 spiro atoms. The number of likely N-dealkylation sites (tertiary alicyclic amines) is 1. The highest BCUT2D eigenvalue weighted by molar-refractivity contribution is 5.45. The summed E-state index contributed by atoms with van der Waals surface area (Å²) >= 11 is 0. The third kappa shape index (κ3) is 5.33. The van der Waals surface area contributed by atoms with Gasteiger partial charge in [-0.2, -0.15) is 0 Å². The van der Waals surface area contributed by atoms with Gasteiger partial charge in [0.05, 0.1) is 0 Å². The van der Waals surface area contributed by atoms with Crippen molar-refractivity contribution in [2.24, 2.45) is 0 Å². The molecule has 1 saturated heterocycles. The van der Waals surface area contributed by atoms with Crippen molar-refractivity contribution >= 4 is 5.69 Å². The molecule has 0 saturated carbocycles. The normalized spacial score (nSPS) is 17.1. The van der Waals surface area contributed by atoms with Crippen LogP contribution in [0.4, 0.5) is 5.69 Å². The molecule has 1 aliphatic rings. The summed E-state index contributed by atoms with van der Waals surface area (Å²) in [6.45, 7) is 7.08. The number of hydrogen-bond acceptors (Lipinski definition) is 3. The Kier molecular flexibility index (Phi) is 6.52. The van der Waals surface area contributed by atoms with Crippen LogP contribution in [0.25, 0.3) is 0 Å². The van der Waals surface area contributed by atoms with Crippen LogP contribution in [0.2, 0.25) is 0 Å². The lowest BCUT2D eigenvalue weighted by Crippen LogP contribution is -2.42. The van der Waals surface area contributed by atoms with E-state index < -0.39 is 0 Å². The maximum absolute atomic E-state index is 3.72. The first-order valence-electron chi connectivity index (χ1n) is 8.41. The number of nitrogens with one attached hydrogen (secondary N) is 1. The molecule has 1 fully saturated rings. The Morgan fingerprint density at radius 3 is 2.38 bits per heavy atom. The third-order valence-corrected chi connectivity index (χ3v) is 4.46. The summed E-state index contributed by atoms with van der Waals surface area (Å²) < 4.78 is 0. The van der Waals surface area contributed by atoms with E-state index in [9.17, 15) is 0 Å². The largest absolute Gasteiger partial charge is 0.378 e. The quantitative estimate of drug-likeness (QED) is 0.832. The Bertz CT molecular complexity index is 391. The Hall–Kier alpha value is -1.06. The van der Waals surface area contributed by atoms with Crippen LogP contribution in [0.15, 0.2) is 24.3 Å². The van der Waals surface area contributed by atoms with Gasteiger partial charge in [-0.05, 0) is 56.6 Å². The zero-order valence-electron chi connectivity index (χ0n) is 13.9. The molecular formula is C18H31N3. The van der Waals surface area contributed by atoms with Crippen molar-refractivity contribution in [3.8, 4) is 0 Å². The van der Waals surface area contributed by atoms with E-state index in [0.717, 1.165) is 6.54 Å². The molecule has 0 unspecified atom stereocenters. The van der Waals surface area contributed by atoms with Gasteiger partial charge in [0, 0.05) is 32.4 Å². The van der Waals surface area contributed by atoms with Crippen molar-refractivity contribution in [1.29, 1.82) is 0 Å². The molecule has 0 amide bonds. The van der Waals surface area contributed by atoms with E-state index in [0.29, 0.717) is 6.04 Å². The predicted molar refractivity (Wildman–Crippen MR) is 92.0 cm³/mol. The minimum Gasteiger partial charge on any atom is -0.378 e. The van der Waals surface area contributed by atoms with Crippen molar-refractivity contribution in [3.63, 3.8) is 0 Å². The fraction of sp³-hybridized carbons (Fsp3) is 0.667. The second-order valence-corrected chi connectivity index (χ2v) is 6.41. The minimum absolute atomic E-state index is 0.691. The first-order valence-corrected chi connectivity index (χ1v) is 8.41. The molecule has 118 valence electrons. The van der Waals surface area contributed by atoms with E-state index >= 15 is 0 Å². The van der Waals surface area contributed by atoms with E-state index in [1.54, 1.807) is 0 Å². The molecule has 2 rings (SSSR count). The van der Waals surface area contributed by atoms with Crippen LogP contribution in [0, 0.1) is 0 Å². The third-order valence-electron chi connectivity index (χ3n) is 4.46. The highest BCUT2D eigenvalue weighted by Crippen LogP contribution is 2.14. The van der Waals surface area contributed by atoms with Crippen LogP contribution in [-0.2, 0) is 6.54 Å². The van der Waals surface area contributed by atoms with Gasteiger partial charge in [-0.1, -0.05) is 25.5 Å². The second-order valence-electron chi connectivity index (χ2n) is 6.41. The van der Waals surface area contributed by atoms with Crippen molar-refractivity contribution < 1.29 is 0 Å². The molecule has 1 aromatic rings. The van der Waals surface area contributed by atoms with Gasteiger partial charge in [0.2, 0.25) is 0 Å². The molecule has 0 bridgehead atoms. The van der Waals surface area contributed by atoms with Crippen molar-refractivity contribution in [1.82, 2.24) is 10.2 Å². The molecule has 3 heteroatoms. The SMILES string of the molecule is CCCCN1CCC(NCc2ccc(N(C)C)cc2)CC1. The molecule has 0 atom stereocenters. The maximum atomic E-state index is 3.72. The smallest absolute Gasteiger partial charge is 0.0361 e. The topological polar surface area (TPSA) is 18.5 Å². The lowest BCUT2D eigenvalue weighted by atomic mass is 10.0. The molecule has 0 radical (unpaired) electrons. The van der Waals surface area contributed by atoms with Gasteiger partial charge < -0.3 is 15.1 Å². The number of hydrogen-bond donors (Lipinski definition) is 1. The zero-order chi connectivity index (χ0) is 15.1. The molecule has 1 aliphatic heterocycles. The number of piperidine rings is 1. The van der Waals surface area contributed by atoms with Gasteiger partial charge in [-0.25, -0.2) is 0 Å². The molecule has 3 nitrogen and oxygen atoms in total. The fourth-order valence-corrected chi connectivity index (χ4v) is 2.92. The first-order chi connectivity index (χ1) is 10.2. The van der Waals surface area contributed by atoms with Crippen molar-refractivity contribution in [2.45, 2.75) is 45.2 Å². The van der Waals surface area contributed by atoms with Gasteiger partial charge in [-0.3, -0.25) is 0 Å². The molecular weight excluding hydrogens is 258 g/mol. The highest BCUT2D eigenvalue weighted by Gasteiger charge is 2.17. The van der Waals surface area contributed by atoms with Crippen molar-refractivity contribution in [2.75, 3.05) is 38.6 Å². The van der Waals surface area contributed by atoms with Crippen LogP contribution >= 0.6 is 0 Å². The Morgan fingerprint density at radius 2 is 1.81 bits per heavy atom. The van der Waals surface area contributed by atoms with Gasteiger partial charge in [0.15, 0.2) is 0 Å². The average molecular weight is 289 g/mol. The molecule has 21 heavy (non-hydrogen) atoms. The lowest BCUT2D eigenvalue weighted by Gasteiger charge is -2.32. The molecule has 1 N–H and O–H groups in total. The Balaban J connectivity index is 1.69. The number of unbranched alkanes of at least 4 members (excludes halogenated alkanes) is 1. The summed E-state index contributed by atoms with van der Waals surface area (Å²) in [5.41, 5.74) is 2.65. The van der Waals surface area contributed by atoms with Gasteiger partial charge in [-0.15, -0.1) is 0 Å². The van der Waals surface area contributed by atoms with Crippen molar-refractivity contribution in [3.05, 3.63) is 29.8 Å². The van der Waals surface area contributed by atoms with E-state index in [1.165, 1.54) is 56.6 Å². The van der Waals surface area contributed by atoms with Gasteiger partial charge in [0.25, 0.3) is 0 Å². The predicted octanol–water partition coefficient (Wildman–Crippen LogP) is 3.11. The molecule has 1 heterocycles. The van der Waals surface area contributed by atoms with E-state index in [-0.39, 0.29) is 0 Å². The molecule has 1 aromatic carbocycles. The summed E-state index contributed by atoms with van der Waals surface area (Å²) in [5, 5.41) is 3.72. The Morgan fingerprint density at radius 1 is 1.14 bits per heavy atom. The van der Waals surface area contributed by atoms with Gasteiger partial charge in [0.1, 0.15) is 0 Å². The number of benzene rings is 1. The van der Waals surface area contributed by atoms with Crippen LogP contribution in [-0.4, -0.2) is 44.7 Å². The number of anilines is 1. The van der Waals surface area contributed by atoms with Crippen LogP contribution in [0.1, 0.15) is 38.2 Å². The summed E-state index contributed by atoms with van der Waals surface area (Å²) in [6, 6.07) is 9.56. The lowest BCUT2D eigenvalue weighted by molar-refractivity contribution is 0.195. The average Bonchev–Trinajstić information content (AvgIpc) is 2.52. The second kappa shape index (κ2) is 8.40. The zero-order valence-corrected chi connectivity index (χ0v) is 13.9. The standard InChI is InChI=1S/C18H31N3/c1-4-5-12-21-13-10-17(11-14-21)19-15-16-6-8-18(9-7-16)20(2)3/h6-9,17,19H,4-5,10-15H2,1-3H3. The maximum Gasteiger partial charge on any atom is 0.0361 e. The summed E-state index contributed by atoms with van der Waals surface area (Å²) in [5.74, 6) is 0. The van der Waals surface area contributed by atoms with Crippen LogP contribution in [0.5, 0.6) is 0 Å². The summed E-state index contributed by atoms with van der Waals surface area (Å²) in [6.07, 6.45) is 5.23. The molecule has 0 aromatic heterocycles. The first kappa shape index (κ1) is 16.3. The summed E-state index contributed by atoms with van der Waals surface area (Å²) in [4.78, 5) is 4.76. The van der Waals surface area contributed by atoms with Gasteiger partial charge >= 0.3 is 0 Å². The number of nitrogens with zero attached hydrogens (tertiary/aromatic N) is 2. The summed E-state index contributed by atoms with van der Waals surface area (Å²) in [7, 11) is 4.17. The van der Waals surface area contributed by atoms with Crippen LogP contribution in [0.3, 0.4) is 0 Å².